The molecule has 2 aliphatic rings. The first-order valence-corrected chi connectivity index (χ1v) is 7.24. The Morgan fingerprint density at radius 2 is 2.21 bits per heavy atom. The SMILES string of the molecule is CC(=O)N1Cc2ccnn2[C@H](CCN2CCCC2)C1. The van der Waals surface area contributed by atoms with E-state index in [9.17, 15) is 4.79 Å². The monoisotopic (exact) mass is 262 g/mol. The molecule has 0 saturated carbocycles. The van der Waals surface area contributed by atoms with Gasteiger partial charge in [0.25, 0.3) is 0 Å². The van der Waals surface area contributed by atoms with Crippen LogP contribution in [0.3, 0.4) is 0 Å². The Balaban J connectivity index is 1.67. The maximum atomic E-state index is 11.6. The van der Waals surface area contributed by atoms with Crippen LogP contribution >= 0.6 is 0 Å². The molecule has 1 aromatic heterocycles. The Kier molecular flexibility index (Phi) is 3.55. The van der Waals surface area contributed by atoms with Gasteiger partial charge < -0.3 is 9.80 Å². The molecule has 3 heterocycles. The van der Waals surface area contributed by atoms with Gasteiger partial charge in [0, 0.05) is 26.2 Å². The lowest BCUT2D eigenvalue weighted by Gasteiger charge is -2.34. The van der Waals surface area contributed by atoms with Crippen LogP contribution in [-0.2, 0) is 11.3 Å². The maximum absolute atomic E-state index is 11.6. The molecule has 0 radical (unpaired) electrons. The van der Waals surface area contributed by atoms with E-state index < -0.39 is 0 Å². The molecule has 19 heavy (non-hydrogen) atoms. The Hall–Kier alpha value is -1.36. The minimum atomic E-state index is 0.165. The Morgan fingerprint density at radius 1 is 1.42 bits per heavy atom. The van der Waals surface area contributed by atoms with Crippen molar-refractivity contribution < 1.29 is 4.79 Å². The molecule has 1 aromatic rings. The highest BCUT2D eigenvalue weighted by atomic mass is 16.2. The summed E-state index contributed by atoms with van der Waals surface area (Å²) >= 11 is 0. The topological polar surface area (TPSA) is 41.4 Å². The summed E-state index contributed by atoms with van der Waals surface area (Å²) in [7, 11) is 0. The van der Waals surface area contributed by atoms with Crippen LogP contribution in [-0.4, -0.2) is 51.7 Å². The molecular weight excluding hydrogens is 240 g/mol. The average molecular weight is 262 g/mol. The lowest BCUT2D eigenvalue weighted by molar-refractivity contribution is -0.131. The predicted molar refractivity (Wildman–Crippen MR) is 72.6 cm³/mol. The van der Waals surface area contributed by atoms with Gasteiger partial charge in [-0.05, 0) is 38.4 Å². The summed E-state index contributed by atoms with van der Waals surface area (Å²) in [6, 6.07) is 2.36. The minimum absolute atomic E-state index is 0.165. The fourth-order valence-corrected chi connectivity index (χ4v) is 3.18. The molecular formula is C14H22N4O. The summed E-state index contributed by atoms with van der Waals surface area (Å²) < 4.78 is 2.12. The summed E-state index contributed by atoms with van der Waals surface area (Å²) in [5.74, 6) is 0.165. The highest BCUT2D eigenvalue weighted by Gasteiger charge is 2.27. The first-order chi connectivity index (χ1) is 9.24. The summed E-state index contributed by atoms with van der Waals surface area (Å²) in [5.41, 5.74) is 1.16. The number of likely N-dealkylation sites (tertiary alicyclic amines) is 1. The third kappa shape index (κ3) is 2.66. The third-order valence-electron chi connectivity index (χ3n) is 4.30. The van der Waals surface area contributed by atoms with Crippen molar-refractivity contribution in [1.82, 2.24) is 19.6 Å². The molecule has 104 valence electrons. The zero-order valence-electron chi connectivity index (χ0n) is 11.6. The summed E-state index contributed by atoms with van der Waals surface area (Å²) in [5, 5.41) is 4.44. The number of fused-ring (bicyclic) bond motifs is 1. The van der Waals surface area contributed by atoms with Crippen LogP contribution in [0.4, 0.5) is 0 Å². The van der Waals surface area contributed by atoms with Crippen LogP contribution in [0.5, 0.6) is 0 Å². The number of hydrogen-bond acceptors (Lipinski definition) is 3. The van der Waals surface area contributed by atoms with Crippen LogP contribution in [0, 0.1) is 0 Å². The second-order valence-electron chi connectivity index (χ2n) is 5.66. The van der Waals surface area contributed by atoms with Crippen molar-refractivity contribution in [1.29, 1.82) is 0 Å². The molecule has 3 rings (SSSR count). The van der Waals surface area contributed by atoms with E-state index in [2.05, 4.69) is 14.7 Å². The molecule has 0 unspecified atom stereocenters. The van der Waals surface area contributed by atoms with E-state index in [4.69, 9.17) is 0 Å². The number of carbonyl (C=O) groups is 1. The van der Waals surface area contributed by atoms with Crippen molar-refractivity contribution in [3.63, 3.8) is 0 Å². The van der Waals surface area contributed by atoms with Gasteiger partial charge in [0.15, 0.2) is 0 Å². The zero-order chi connectivity index (χ0) is 13.2. The highest BCUT2D eigenvalue weighted by Crippen LogP contribution is 2.23. The molecule has 2 aliphatic heterocycles. The van der Waals surface area contributed by atoms with Gasteiger partial charge in [0.05, 0.1) is 18.3 Å². The first kappa shape index (κ1) is 12.7. The maximum Gasteiger partial charge on any atom is 0.219 e. The fraction of sp³-hybridized carbons (Fsp3) is 0.714. The number of hydrogen-bond donors (Lipinski definition) is 0. The molecule has 0 bridgehead atoms. The van der Waals surface area contributed by atoms with Gasteiger partial charge in [-0.2, -0.15) is 5.10 Å². The Bertz CT molecular complexity index is 450. The standard InChI is InChI=1S/C14H22N4O/c1-12(19)17-10-13-4-6-15-18(13)14(11-17)5-9-16-7-2-3-8-16/h4,6,14H,2-3,5,7-11H2,1H3/t14-/m1/s1. The van der Waals surface area contributed by atoms with Crippen molar-refractivity contribution >= 4 is 5.91 Å². The van der Waals surface area contributed by atoms with Gasteiger partial charge in [-0.15, -0.1) is 0 Å². The lowest BCUT2D eigenvalue weighted by atomic mass is 10.1. The van der Waals surface area contributed by atoms with Crippen LogP contribution in [0.2, 0.25) is 0 Å². The normalized spacial score (nSPS) is 23.6. The molecule has 5 heteroatoms. The smallest absolute Gasteiger partial charge is 0.219 e. The largest absolute Gasteiger partial charge is 0.335 e. The van der Waals surface area contributed by atoms with E-state index >= 15 is 0 Å². The predicted octanol–water partition coefficient (Wildman–Crippen LogP) is 1.27. The van der Waals surface area contributed by atoms with Crippen molar-refractivity contribution in [2.45, 2.75) is 38.8 Å². The summed E-state index contributed by atoms with van der Waals surface area (Å²) in [4.78, 5) is 16.1. The quantitative estimate of drug-likeness (QED) is 0.824. The third-order valence-corrected chi connectivity index (χ3v) is 4.30. The number of carbonyl (C=O) groups excluding carboxylic acids is 1. The molecule has 1 amide bonds. The van der Waals surface area contributed by atoms with Gasteiger partial charge in [0.2, 0.25) is 5.91 Å². The summed E-state index contributed by atoms with van der Waals surface area (Å²) in [6.45, 7) is 6.75. The van der Waals surface area contributed by atoms with E-state index in [1.165, 1.54) is 25.9 Å². The summed E-state index contributed by atoms with van der Waals surface area (Å²) in [6.07, 6.45) is 5.59. The molecule has 0 N–H and O–H groups in total. The van der Waals surface area contributed by atoms with Crippen LogP contribution < -0.4 is 0 Å². The van der Waals surface area contributed by atoms with Crippen molar-refractivity contribution in [3.8, 4) is 0 Å². The van der Waals surface area contributed by atoms with Crippen LogP contribution in [0.1, 0.15) is 37.9 Å². The van der Waals surface area contributed by atoms with Crippen LogP contribution in [0.15, 0.2) is 12.3 Å². The lowest BCUT2D eigenvalue weighted by Crippen LogP contribution is -2.41. The number of aromatic nitrogens is 2. The molecule has 0 aromatic carbocycles. The second-order valence-corrected chi connectivity index (χ2v) is 5.66. The van der Waals surface area contributed by atoms with Gasteiger partial charge in [-0.1, -0.05) is 0 Å². The first-order valence-electron chi connectivity index (χ1n) is 7.24. The van der Waals surface area contributed by atoms with Crippen molar-refractivity contribution in [3.05, 3.63) is 18.0 Å². The molecule has 0 aliphatic carbocycles. The highest BCUT2D eigenvalue weighted by molar-refractivity contribution is 5.73. The molecule has 1 atom stereocenters. The zero-order valence-corrected chi connectivity index (χ0v) is 11.6. The van der Waals surface area contributed by atoms with E-state index in [-0.39, 0.29) is 5.91 Å². The average Bonchev–Trinajstić information content (AvgIpc) is 3.06. The van der Waals surface area contributed by atoms with Gasteiger partial charge in [-0.3, -0.25) is 9.48 Å². The van der Waals surface area contributed by atoms with Crippen molar-refractivity contribution in [2.24, 2.45) is 0 Å². The van der Waals surface area contributed by atoms with E-state index in [1.807, 2.05) is 17.2 Å². The number of amides is 1. The van der Waals surface area contributed by atoms with Crippen molar-refractivity contribution in [2.75, 3.05) is 26.2 Å². The second kappa shape index (κ2) is 5.33. The Morgan fingerprint density at radius 3 is 2.95 bits per heavy atom. The molecule has 5 nitrogen and oxygen atoms in total. The number of nitrogens with zero attached hydrogens (tertiary/aromatic N) is 4. The molecule has 1 fully saturated rings. The number of rotatable bonds is 3. The van der Waals surface area contributed by atoms with Gasteiger partial charge in [0.1, 0.15) is 0 Å². The van der Waals surface area contributed by atoms with Gasteiger partial charge >= 0.3 is 0 Å². The minimum Gasteiger partial charge on any atom is -0.335 e. The molecule has 0 spiro atoms. The fourth-order valence-electron chi connectivity index (χ4n) is 3.18. The van der Waals surface area contributed by atoms with E-state index in [1.54, 1.807) is 6.92 Å². The van der Waals surface area contributed by atoms with Crippen LogP contribution in [0.25, 0.3) is 0 Å². The Labute approximate surface area is 114 Å². The molecule has 1 saturated heterocycles. The van der Waals surface area contributed by atoms with E-state index in [0.717, 1.165) is 25.2 Å². The van der Waals surface area contributed by atoms with E-state index in [0.29, 0.717) is 12.6 Å². The van der Waals surface area contributed by atoms with Gasteiger partial charge in [-0.25, -0.2) is 0 Å².